The van der Waals surface area contributed by atoms with Crippen LogP contribution in [0.3, 0.4) is 0 Å². The second-order valence-electron chi connectivity index (χ2n) is 5.59. The van der Waals surface area contributed by atoms with Crippen LogP contribution in [0.15, 0.2) is 48.5 Å². The summed E-state index contributed by atoms with van der Waals surface area (Å²) in [4.78, 5) is 2.38. The first-order valence-corrected chi connectivity index (χ1v) is 6.81. The molecule has 3 rings (SSSR count). The number of aryl methyl sites for hydroxylation is 1. The molecule has 0 aromatic heterocycles. The van der Waals surface area contributed by atoms with E-state index in [9.17, 15) is 0 Å². The summed E-state index contributed by atoms with van der Waals surface area (Å²) in [7, 11) is 4.50. The Balaban J connectivity index is 2.27. The first-order valence-electron chi connectivity index (χ1n) is 6.81. The highest BCUT2D eigenvalue weighted by Crippen LogP contribution is 2.49. The Morgan fingerprint density at radius 1 is 0.947 bits per heavy atom. The van der Waals surface area contributed by atoms with E-state index in [4.69, 9.17) is 0 Å². The zero-order valence-electron chi connectivity index (χ0n) is 12.1. The molecule has 2 aromatic carbocycles. The number of hydrogen-bond acceptors (Lipinski definition) is 1. The SMILES string of the molecule is Cc1ccccc1[N+]1(C)c2ccccc2N(C)C1C. The maximum absolute atomic E-state index is 2.38. The van der Waals surface area contributed by atoms with Crippen LogP contribution in [0.25, 0.3) is 0 Å². The average molecular weight is 253 g/mol. The fraction of sp³-hybridized carbons (Fsp3) is 0.294. The number of nitrogens with zero attached hydrogens (tertiary/aromatic N) is 2. The lowest BCUT2D eigenvalue weighted by Gasteiger charge is -2.36. The number of fused-ring (bicyclic) bond motifs is 1. The fourth-order valence-corrected chi connectivity index (χ4v) is 3.32. The molecule has 0 saturated carbocycles. The van der Waals surface area contributed by atoms with Crippen LogP contribution in [0.2, 0.25) is 0 Å². The number of quaternary nitrogens is 1. The number of benzene rings is 2. The summed E-state index contributed by atoms with van der Waals surface area (Å²) in [5.41, 5.74) is 5.45. The Labute approximate surface area is 115 Å². The van der Waals surface area contributed by atoms with Crippen LogP contribution in [-0.2, 0) is 0 Å². The molecule has 98 valence electrons. The van der Waals surface area contributed by atoms with E-state index < -0.39 is 0 Å². The van der Waals surface area contributed by atoms with Crippen molar-refractivity contribution >= 4 is 17.1 Å². The Morgan fingerprint density at radius 2 is 1.53 bits per heavy atom. The second-order valence-corrected chi connectivity index (χ2v) is 5.59. The van der Waals surface area contributed by atoms with Crippen molar-refractivity contribution in [3.63, 3.8) is 0 Å². The predicted octanol–water partition coefficient (Wildman–Crippen LogP) is 4.06. The molecule has 2 aromatic rings. The van der Waals surface area contributed by atoms with Gasteiger partial charge in [0.15, 0.2) is 11.9 Å². The summed E-state index contributed by atoms with van der Waals surface area (Å²) >= 11 is 0. The lowest BCUT2D eigenvalue weighted by Crippen LogP contribution is -2.50. The maximum atomic E-state index is 2.38. The van der Waals surface area contributed by atoms with Crippen LogP contribution in [-0.4, -0.2) is 20.3 Å². The van der Waals surface area contributed by atoms with Gasteiger partial charge in [-0.2, -0.15) is 0 Å². The van der Waals surface area contributed by atoms with Crippen LogP contribution in [0.5, 0.6) is 0 Å². The van der Waals surface area contributed by atoms with Gasteiger partial charge in [0.2, 0.25) is 0 Å². The molecule has 1 aliphatic heterocycles. The van der Waals surface area contributed by atoms with Gasteiger partial charge >= 0.3 is 0 Å². The number of hydrogen-bond donors (Lipinski definition) is 0. The molecule has 19 heavy (non-hydrogen) atoms. The molecule has 2 nitrogen and oxygen atoms in total. The zero-order valence-corrected chi connectivity index (χ0v) is 12.1. The molecule has 2 heteroatoms. The Kier molecular flexibility index (Phi) is 2.64. The topological polar surface area (TPSA) is 3.24 Å². The van der Waals surface area contributed by atoms with Crippen molar-refractivity contribution in [2.45, 2.75) is 20.0 Å². The molecule has 0 fully saturated rings. The monoisotopic (exact) mass is 253 g/mol. The molecule has 1 heterocycles. The van der Waals surface area contributed by atoms with Crippen molar-refractivity contribution in [2.75, 3.05) is 19.0 Å². The highest BCUT2D eigenvalue weighted by Gasteiger charge is 2.46. The smallest absolute Gasteiger partial charge is 0.171 e. The standard InChI is InChI=1S/C17H21N2/c1-13-9-5-7-11-16(13)19(4)14(2)18(3)15-10-6-8-12-17(15)19/h5-12,14H,1-4H3/q+1. The molecule has 0 aliphatic carbocycles. The lowest BCUT2D eigenvalue weighted by molar-refractivity contribution is 0.380. The minimum absolute atomic E-state index is 0.401. The molecule has 0 N–H and O–H groups in total. The Bertz CT molecular complexity index is 620. The first-order chi connectivity index (χ1) is 9.06. The van der Waals surface area contributed by atoms with Gasteiger partial charge in [0.25, 0.3) is 0 Å². The van der Waals surface area contributed by atoms with Crippen molar-refractivity contribution in [1.29, 1.82) is 0 Å². The van der Waals surface area contributed by atoms with Gasteiger partial charge < -0.3 is 4.90 Å². The van der Waals surface area contributed by atoms with E-state index in [2.05, 4.69) is 81.4 Å². The Hall–Kier alpha value is -1.80. The van der Waals surface area contributed by atoms with Gasteiger partial charge in [0.1, 0.15) is 11.4 Å². The van der Waals surface area contributed by atoms with Gasteiger partial charge in [-0.25, -0.2) is 4.48 Å². The molecule has 0 amide bonds. The first kappa shape index (κ1) is 12.2. The van der Waals surface area contributed by atoms with Crippen molar-refractivity contribution in [1.82, 2.24) is 4.48 Å². The molecular weight excluding hydrogens is 232 g/mol. The minimum Gasteiger partial charge on any atom is -0.320 e. The molecular formula is C17H21N2+. The fourth-order valence-electron chi connectivity index (χ4n) is 3.32. The van der Waals surface area contributed by atoms with Gasteiger partial charge in [-0.1, -0.05) is 30.3 Å². The van der Waals surface area contributed by atoms with Gasteiger partial charge in [-0.3, -0.25) is 0 Å². The number of rotatable bonds is 1. The molecule has 0 saturated heterocycles. The molecule has 0 spiro atoms. The van der Waals surface area contributed by atoms with Gasteiger partial charge in [0.05, 0.1) is 7.05 Å². The third-order valence-corrected chi connectivity index (χ3v) is 4.69. The van der Waals surface area contributed by atoms with E-state index in [-0.39, 0.29) is 0 Å². The van der Waals surface area contributed by atoms with Crippen LogP contribution in [0, 0.1) is 6.92 Å². The van der Waals surface area contributed by atoms with Crippen LogP contribution in [0.1, 0.15) is 12.5 Å². The summed E-state index contributed by atoms with van der Waals surface area (Å²) in [5.74, 6) is 0. The normalized spacial score (nSPS) is 25.5. The molecule has 0 bridgehead atoms. The highest BCUT2D eigenvalue weighted by atomic mass is 15.5. The molecule has 2 atom stereocenters. The lowest BCUT2D eigenvalue weighted by atomic mass is 10.1. The summed E-state index contributed by atoms with van der Waals surface area (Å²) in [6.07, 6.45) is 0.401. The summed E-state index contributed by atoms with van der Waals surface area (Å²) in [6.45, 7) is 4.50. The zero-order chi connectivity index (χ0) is 13.6. The third kappa shape index (κ3) is 1.53. The Morgan fingerprint density at radius 3 is 2.21 bits per heavy atom. The highest BCUT2D eigenvalue weighted by molar-refractivity contribution is 5.80. The van der Waals surface area contributed by atoms with Crippen molar-refractivity contribution in [3.8, 4) is 0 Å². The van der Waals surface area contributed by atoms with E-state index in [0.717, 1.165) is 4.48 Å². The molecule has 0 radical (unpaired) electrons. The minimum atomic E-state index is 0.401. The predicted molar refractivity (Wildman–Crippen MR) is 82.9 cm³/mol. The van der Waals surface area contributed by atoms with Crippen molar-refractivity contribution < 1.29 is 0 Å². The van der Waals surface area contributed by atoms with E-state index in [1.54, 1.807) is 0 Å². The molecule has 1 aliphatic rings. The van der Waals surface area contributed by atoms with E-state index in [1.807, 2.05) is 0 Å². The quantitative estimate of drug-likeness (QED) is 0.693. The number of para-hydroxylation sites is 3. The van der Waals surface area contributed by atoms with Gasteiger partial charge in [-0.15, -0.1) is 0 Å². The maximum Gasteiger partial charge on any atom is 0.171 e. The third-order valence-electron chi connectivity index (χ3n) is 4.69. The van der Waals surface area contributed by atoms with E-state index in [1.165, 1.54) is 22.6 Å². The summed E-state index contributed by atoms with van der Waals surface area (Å²) in [6, 6.07) is 17.4. The van der Waals surface area contributed by atoms with Crippen molar-refractivity contribution in [2.24, 2.45) is 0 Å². The molecule has 2 unspecified atom stereocenters. The average Bonchev–Trinajstić information content (AvgIpc) is 2.63. The second kappa shape index (κ2) is 4.10. The van der Waals surface area contributed by atoms with Crippen LogP contribution < -0.4 is 9.38 Å². The summed E-state index contributed by atoms with van der Waals surface area (Å²) < 4.78 is 0.847. The van der Waals surface area contributed by atoms with Crippen LogP contribution >= 0.6 is 0 Å². The van der Waals surface area contributed by atoms with Crippen molar-refractivity contribution in [3.05, 3.63) is 54.1 Å². The van der Waals surface area contributed by atoms with E-state index in [0.29, 0.717) is 6.17 Å². The van der Waals surface area contributed by atoms with E-state index >= 15 is 0 Å². The number of anilines is 1. The largest absolute Gasteiger partial charge is 0.320 e. The van der Waals surface area contributed by atoms with Gasteiger partial charge in [-0.05, 0) is 19.1 Å². The summed E-state index contributed by atoms with van der Waals surface area (Å²) in [5, 5.41) is 0. The van der Waals surface area contributed by atoms with Gasteiger partial charge in [0, 0.05) is 25.6 Å². The van der Waals surface area contributed by atoms with Crippen LogP contribution in [0.4, 0.5) is 17.1 Å².